The van der Waals surface area contributed by atoms with Gasteiger partial charge in [-0.1, -0.05) is 211 Å². The number of unbranched alkanes of at least 4 members (excludes halogenated alkanes) is 28. The molecule has 0 rings (SSSR count). The summed E-state index contributed by atoms with van der Waals surface area (Å²) in [4.78, 5) is 37.3. The summed E-state index contributed by atoms with van der Waals surface area (Å²) in [6.07, 6.45) is 52.0. The third kappa shape index (κ3) is 47.5. The number of carboxylic acids is 1. The Morgan fingerprint density at radius 3 is 1.25 bits per heavy atom. The first kappa shape index (κ1) is 61.5. The van der Waals surface area contributed by atoms with Gasteiger partial charge >= 0.3 is 17.9 Å². The highest BCUT2D eigenvalue weighted by molar-refractivity contribution is 5.71. The number of nitrogens with zero attached hydrogens (tertiary/aromatic N) is 1. The SMILES string of the molecule is CCCCCCC/C=C\C/C=C\C/C=C\CCCCCCCCCCC(=O)OC(COC(=O)CCCCCCCCCCCCCCCCCC)COC(OCC[N+](C)(C)C)C(=O)O. The van der Waals surface area contributed by atoms with Crippen molar-refractivity contribution in [3.05, 3.63) is 36.5 Å². The molecule has 1 N–H and O–H groups in total. The smallest absolute Gasteiger partial charge is 0.361 e. The fraction of sp³-hybridized carbons (Fsp3) is 0.836. The van der Waals surface area contributed by atoms with Crippen LogP contribution in [0.1, 0.15) is 239 Å². The lowest BCUT2D eigenvalue weighted by atomic mass is 10.0. The number of ether oxygens (including phenoxy) is 4. The van der Waals surface area contributed by atoms with Crippen molar-refractivity contribution in [2.24, 2.45) is 0 Å². The minimum absolute atomic E-state index is 0.182. The number of carbonyl (C=O) groups is 3. The zero-order valence-electron chi connectivity index (χ0n) is 42.4. The molecule has 0 saturated heterocycles. The molecule has 0 radical (unpaired) electrons. The standard InChI is InChI=1S/C55H101NO8/c1-6-8-10-12-14-16-18-20-22-24-25-26-27-28-29-30-32-34-36-38-40-42-44-46-53(58)64-51(50-63-55(54(59)60)61-48-47-56(3,4)5)49-62-52(57)45-43-41-39-37-35-33-31-23-21-19-17-15-13-11-9-7-2/h18,20,24-25,27-28,51,55H,6-17,19,21-23,26,29-50H2,1-5H3/p+1/b20-18-,25-24-,28-27-. The van der Waals surface area contributed by atoms with E-state index in [1.807, 2.05) is 21.1 Å². The predicted molar refractivity (Wildman–Crippen MR) is 267 cm³/mol. The topological polar surface area (TPSA) is 108 Å². The summed E-state index contributed by atoms with van der Waals surface area (Å²) in [6, 6.07) is 0. The second kappa shape index (κ2) is 47.0. The van der Waals surface area contributed by atoms with Crippen LogP contribution >= 0.6 is 0 Å². The molecule has 0 aromatic rings. The Labute approximate surface area is 394 Å². The minimum Gasteiger partial charge on any atom is -0.477 e. The van der Waals surface area contributed by atoms with E-state index in [1.165, 1.54) is 148 Å². The molecule has 0 bridgehead atoms. The number of hydrogen-bond donors (Lipinski definition) is 1. The van der Waals surface area contributed by atoms with E-state index in [2.05, 4.69) is 50.3 Å². The lowest BCUT2D eigenvalue weighted by Gasteiger charge is -2.25. The normalized spacial score (nSPS) is 13.1. The van der Waals surface area contributed by atoms with Crippen molar-refractivity contribution in [1.29, 1.82) is 0 Å². The first-order chi connectivity index (χ1) is 31.1. The molecule has 0 amide bonds. The van der Waals surface area contributed by atoms with E-state index in [0.29, 0.717) is 23.9 Å². The lowest BCUT2D eigenvalue weighted by molar-refractivity contribution is -0.870. The van der Waals surface area contributed by atoms with Crippen LogP contribution in [0.5, 0.6) is 0 Å². The molecular formula is C55H102NO8+. The molecule has 0 saturated carbocycles. The molecule has 0 spiro atoms. The fourth-order valence-corrected chi connectivity index (χ4v) is 7.49. The minimum atomic E-state index is -1.51. The van der Waals surface area contributed by atoms with Crippen LogP contribution in [0.25, 0.3) is 0 Å². The Balaban J connectivity index is 4.31. The van der Waals surface area contributed by atoms with E-state index in [0.717, 1.165) is 57.8 Å². The van der Waals surface area contributed by atoms with Gasteiger partial charge in [-0.15, -0.1) is 0 Å². The van der Waals surface area contributed by atoms with Gasteiger partial charge in [0.2, 0.25) is 0 Å². The Hall–Kier alpha value is -2.49. The summed E-state index contributed by atoms with van der Waals surface area (Å²) in [5.41, 5.74) is 0. The monoisotopic (exact) mass is 905 g/mol. The third-order valence-electron chi connectivity index (χ3n) is 11.6. The van der Waals surface area contributed by atoms with E-state index in [1.54, 1.807) is 0 Å². The van der Waals surface area contributed by atoms with Gasteiger partial charge in [-0.3, -0.25) is 9.59 Å². The van der Waals surface area contributed by atoms with Crippen LogP contribution in [0.3, 0.4) is 0 Å². The number of carbonyl (C=O) groups excluding carboxylic acids is 2. The van der Waals surface area contributed by atoms with E-state index >= 15 is 0 Å². The Kier molecular flexibility index (Phi) is 45.2. The molecule has 0 aromatic heterocycles. The maximum atomic E-state index is 12.8. The zero-order valence-corrected chi connectivity index (χ0v) is 42.4. The van der Waals surface area contributed by atoms with Gasteiger partial charge in [0, 0.05) is 12.8 Å². The van der Waals surface area contributed by atoms with Gasteiger partial charge in [-0.25, -0.2) is 4.79 Å². The molecule has 0 aliphatic heterocycles. The number of hydrogen-bond acceptors (Lipinski definition) is 7. The van der Waals surface area contributed by atoms with Crippen molar-refractivity contribution in [2.75, 3.05) is 47.5 Å². The molecule has 0 aliphatic carbocycles. The molecule has 374 valence electrons. The fourth-order valence-electron chi connectivity index (χ4n) is 7.49. The van der Waals surface area contributed by atoms with Crippen molar-refractivity contribution in [1.82, 2.24) is 0 Å². The number of aliphatic carboxylic acids is 1. The number of allylic oxidation sites excluding steroid dienone is 6. The van der Waals surface area contributed by atoms with Gasteiger partial charge in [-0.2, -0.15) is 0 Å². The van der Waals surface area contributed by atoms with Crippen molar-refractivity contribution in [2.45, 2.75) is 251 Å². The van der Waals surface area contributed by atoms with Gasteiger partial charge in [-0.05, 0) is 51.4 Å². The average Bonchev–Trinajstić information content (AvgIpc) is 3.26. The number of rotatable bonds is 49. The van der Waals surface area contributed by atoms with Crippen LogP contribution in [-0.4, -0.2) is 87.4 Å². The van der Waals surface area contributed by atoms with E-state index in [9.17, 15) is 19.5 Å². The largest absolute Gasteiger partial charge is 0.477 e. The van der Waals surface area contributed by atoms with Crippen LogP contribution in [0, 0.1) is 0 Å². The number of carboxylic acid groups (broad SMARTS) is 1. The van der Waals surface area contributed by atoms with Crippen LogP contribution in [0.2, 0.25) is 0 Å². The van der Waals surface area contributed by atoms with Crippen molar-refractivity contribution < 1.29 is 42.9 Å². The van der Waals surface area contributed by atoms with Crippen LogP contribution in [-0.2, 0) is 33.3 Å². The summed E-state index contributed by atoms with van der Waals surface area (Å²) in [6.45, 7) is 4.88. The highest BCUT2D eigenvalue weighted by atomic mass is 16.7. The van der Waals surface area contributed by atoms with Gasteiger partial charge in [0.05, 0.1) is 34.4 Å². The Morgan fingerprint density at radius 1 is 0.469 bits per heavy atom. The molecule has 0 fully saturated rings. The molecule has 0 aliphatic rings. The number of likely N-dealkylation sites (N-methyl/N-ethyl adjacent to an activating group) is 1. The van der Waals surface area contributed by atoms with Crippen LogP contribution in [0.15, 0.2) is 36.5 Å². The van der Waals surface area contributed by atoms with Crippen LogP contribution in [0.4, 0.5) is 0 Å². The Bertz CT molecular complexity index is 1150. The van der Waals surface area contributed by atoms with Gasteiger partial charge in [0.25, 0.3) is 6.29 Å². The molecule has 64 heavy (non-hydrogen) atoms. The molecular weight excluding hydrogens is 803 g/mol. The van der Waals surface area contributed by atoms with E-state index in [4.69, 9.17) is 18.9 Å². The number of quaternary nitrogens is 1. The first-order valence-corrected chi connectivity index (χ1v) is 26.7. The maximum Gasteiger partial charge on any atom is 0.361 e. The quantitative estimate of drug-likeness (QED) is 0.0211. The van der Waals surface area contributed by atoms with Gasteiger partial charge in [0.15, 0.2) is 6.10 Å². The van der Waals surface area contributed by atoms with E-state index in [-0.39, 0.29) is 32.2 Å². The van der Waals surface area contributed by atoms with Crippen LogP contribution < -0.4 is 0 Å². The molecule has 9 heteroatoms. The van der Waals surface area contributed by atoms with Gasteiger partial charge < -0.3 is 28.5 Å². The van der Waals surface area contributed by atoms with E-state index < -0.39 is 24.3 Å². The summed E-state index contributed by atoms with van der Waals surface area (Å²) < 4.78 is 22.8. The van der Waals surface area contributed by atoms with Crippen molar-refractivity contribution in [3.8, 4) is 0 Å². The first-order valence-electron chi connectivity index (χ1n) is 26.7. The van der Waals surface area contributed by atoms with Gasteiger partial charge in [0.1, 0.15) is 13.2 Å². The average molecular weight is 905 g/mol. The molecule has 0 heterocycles. The Morgan fingerprint density at radius 2 is 0.844 bits per heavy atom. The third-order valence-corrected chi connectivity index (χ3v) is 11.6. The number of esters is 2. The molecule has 9 nitrogen and oxygen atoms in total. The second-order valence-corrected chi connectivity index (χ2v) is 19.2. The molecule has 2 unspecified atom stereocenters. The predicted octanol–water partition coefficient (Wildman–Crippen LogP) is 15.0. The lowest BCUT2D eigenvalue weighted by Crippen LogP contribution is -2.40. The molecule has 2 atom stereocenters. The summed E-state index contributed by atoms with van der Waals surface area (Å²) >= 11 is 0. The molecule has 0 aromatic carbocycles. The maximum absolute atomic E-state index is 12.8. The highest BCUT2D eigenvalue weighted by Gasteiger charge is 2.25. The van der Waals surface area contributed by atoms with Crippen molar-refractivity contribution in [3.63, 3.8) is 0 Å². The highest BCUT2D eigenvalue weighted by Crippen LogP contribution is 2.16. The zero-order chi connectivity index (χ0) is 47.0. The summed E-state index contributed by atoms with van der Waals surface area (Å²) in [5, 5.41) is 9.67. The summed E-state index contributed by atoms with van der Waals surface area (Å²) in [5.74, 6) is -2.00. The summed E-state index contributed by atoms with van der Waals surface area (Å²) in [7, 11) is 5.96. The van der Waals surface area contributed by atoms with Crippen molar-refractivity contribution >= 4 is 17.9 Å². The second-order valence-electron chi connectivity index (χ2n) is 19.2.